The fourth-order valence-corrected chi connectivity index (χ4v) is 1.76. The molecule has 0 unspecified atom stereocenters. The number of nitrogens with zero attached hydrogens (tertiary/aromatic N) is 3. The van der Waals surface area contributed by atoms with Gasteiger partial charge in [-0.1, -0.05) is 6.07 Å². The zero-order valence-electron chi connectivity index (χ0n) is 9.53. The number of nitrogens with two attached hydrogens (primary N) is 1. The van der Waals surface area contributed by atoms with Gasteiger partial charge in [0.15, 0.2) is 0 Å². The van der Waals surface area contributed by atoms with Crippen LogP contribution in [0, 0.1) is 13.8 Å². The van der Waals surface area contributed by atoms with Gasteiger partial charge in [-0.2, -0.15) is 15.0 Å². The molecule has 0 aliphatic heterocycles. The van der Waals surface area contributed by atoms with Gasteiger partial charge in [0.2, 0.25) is 17.2 Å². The number of hydrogen-bond acceptors (Lipinski definition) is 5. The standard InChI is InChI=1S/C11H12ClN5/c1-6-3-7(2)5-8(4-6)14-11-16-9(12)15-10(13)17-11/h3-5H,1-2H3,(H3,13,14,15,16,17). The van der Waals surface area contributed by atoms with E-state index in [4.69, 9.17) is 17.3 Å². The van der Waals surface area contributed by atoms with Crippen LogP contribution in [0.3, 0.4) is 0 Å². The molecule has 1 heterocycles. The SMILES string of the molecule is Cc1cc(C)cc(Nc2nc(N)nc(Cl)n2)c1. The first-order chi connectivity index (χ1) is 8.02. The lowest BCUT2D eigenvalue weighted by Gasteiger charge is -2.07. The molecular formula is C11H12ClN5. The zero-order valence-corrected chi connectivity index (χ0v) is 10.3. The van der Waals surface area contributed by atoms with Crippen LogP contribution < -0.4 is 11.1 Å². The van der Waals surface area contributed by atoms with Gasteiger partial charge in [0.05, 0.1) is 0 Å². The van der Waals surface area contributed by atoms with Gasteiger partial charge in [0.1, 0.15) is 0 Å². The van der Waals surface area contributed by atoms with Gasteiger partial charge in [0, 0.05) is 5.69 Å². The summed E-state index contributed by atoms with van der Waals surface area (Å²) in [4.78, 5) is 11.6. The fourth-order valence-electron chi connectivity index (χ4n) is 1.60. The van der Waals surface area contributed by atoms with Crippen molar-refractivity contribution < 1.29 is 0 Å². The van der Waals surface area contributed by atoms with E-state index < -0.39 is 0 Å². The lowest BCUT2D eigenvalue weighted by molar-refractivity contribution is 1.07. The van der Waals surface area contributed by atoms with Crippen LogP contribution in [0.5, 0.6) is 0 Å². The van der Waals surface area contributed by atoms with E-state index in [0.29, 0.717) is 5.95 Å². The first-order valence-corrected chi connectivity index (χ1v) is 5.43. The van der Waals surface area contributed by atoms with E-state index in [2.05, 4.69) is 26.3 Å². The van der Waals surface area contributed by atoms with Crippen molar-refractivity contribution in [3.05, 3.63) is 34.6 Å². The maximum absolute atomic E-state index is 5.70. The minimum absolute atomic E-state index is 0.0735. The molecule has 6 heteroatoms. The summed E-state index contributed by atoms with van der Waals surface area (Å²) in [6.45, 7) is 4.04. The van der Waals surface area contributed by atoms with Crippen molar-refractivity contribution in [1.29, 1.82) is 0 Å². The summed E-state index contributed by atoms with van der Waals surface area (Å²) in [6.07, 6.45) is 0. The molecule has 1 aromatic heterocycles. The van der Waals surface area contributed by atoms with Crippen molar-refractivity contribution in [2.45, 2.75) is 13.8 Å². The van der Waals surface area contributed by atoms with Crippen LogP contribution in [0.15, 0.2) is 18.2 Å². The minimum atomic E-state index is 0.0735. The highest BCUT2D eigenvalue weighted by Gasteiger charge is 2.03. The highest BCUT2D eigenvalue weighted by molar-refractivity contribution is 6.28. The lowest BCUT2D eigenvalue weighted by Crippen LogP contribution is -2.03. The van der Waals surface area contributed by atoms with Crippen LogP contribution in [0.25, 0.3) is 0 Å². The number of aromatic nitrogens is 3. The molecule has 0 saturated carbocycles. The lowest BCUT2D eigenvalue weighted by atomic mass is 10.1. The predicted octanol–water partition coefficient (Wildman–Crippen LogP) is 2.47. The number of benzene rings is 1. The molecular weight excluding hydrogens is 238 g/mol. The smallest absolute Gasteiger partial charge is 0.233 e. The number of nitrogens with one attached hydrogen (secondary N) is 1. The van der Waals surface area contributed by atoms with Crippen LogP contribution in [0.4, 0.5) is 17.6 Å². The molecule has 5 nitrogen and oxygen atoms in total. The van der Waals surface area contributed by atoms with Gasteiger partial charge in [-0.3, -0.25) is 0 Å². The second kappa shape index (κ2) is 4.55. The molecule has 0 fully saturated rings. The van der Waals surface area contributed by atoms with Crippen molar-refractivity contribution in [1.82, 2.24) is 15.0 Å². The molecule has 0 atom stereocenters. The minimum Gasteiger partial charge on any atom is -0.368 e. The van der Waals surface area contributed by atoms with E-state index in [0.717, 1.165) is 16.8 Å². The van der Waals surface area contributed by atoms with Gasteiger partial charge < -0.3 is 11.1 Å². The van der Waals surface area contributed by atoms with E-state index >= 15 is 0 Å². The van der Waals surface area contributed by atoms with Crippen LogP contribution in [-0.4, -0.2) is 15.0 Å². The number of nitrogen functional groups attached to an aromatic ring is 1. The molecule has 17 heavy (non-hydrogen) atoms. The van der Waals surface area contributed by atoms with Gasteiger partial charge >= 0.3 is 0 Å². The Kier molecular flexibility index (Phi) is 3.10. The fraction of sp³-hybridized carbons (Fsp3) is 0.182. The predicted molar refractivity (Wildman–Crippen MR) is 68.4 cm³/mol. The maximum Gasteiger partial charge on any atom is 0.233 e. The summed E-state index contributed by atoms with van der Waals surface area (Å²) < 4.78 is 0. The average molecular weight is 250 g/mol. The number of halogens is 1. The Labute approximate surface area is 104 Å². The molecule has 0 saturated heterocycles. The molecule has 3 N–H and O–H groups in total. The van der Waals surface area contributed by atoms with Crippen molar-refractivity contribution in [2.24, 2.45) is 0 Å². The molecule has 0 bridgehead atoms. The molecule has 0 aliphatic rings. The Morgan fingerprint density at radius 3 is 2.29 bits per heavy atom. The third-order valence-corrected chi connectivity index (χ3v) is 2.27. The van der Waals surface area contributed by atoms with Crippen molar-refractivity contribution in [3.63, 3.8) is 0 Å². The topological polar surface area (TPSA) is 76.7 Å². The van der Waals surface area contributed by atoms with Gasteiger partial charge in [-0.05, 0) is 48.7 Å². The monoisotopic (exact) mass is 249 g/mol. The van der Waals surface area contributed by atoms with E-state index in [-0.39, 0.29) is 11.2 Å². The summed E-state index contributed by atoms with van der Waals surface area (Å²) in [7, 11) is 0. The number of hydrogen-bond donors (Lipinski definition) is 2. The Hall–Kier alpha value is -1.88. The normalized spacial score (nSPS) is 10.3. The van der Waals surface area contributed by atoms with Gasteiger partial charge in [-0.25, -0.2) is 0 Å². The zero-order chi connectivity index (χ0) is 12.4. The van der Waals surface area contributed by atoms with Crippen LogP contribution in [0.2, 0.25) is 5.28 Å². The average Bonchev–Trinajstić information content (AvgIpc) is 2.13. The molecule has 0 spiro atoms. The van der Waals surface area contributed by atoms with E-state index in [1.54, 1.807) is 0 Å². The van der Waals surface area contributed by atoms with Crippen LogP contribution in [-0.2, 0) is 0 Å². The summed E-state index contributed by atoms with van der Waals surface area (Å²) in [5.74, 6) is 0.435. The quantitative estimate of drug-likeness (QED) is 0.855. The third kappa shape index (κ3) is 3.04. The molecule has 2 rings (SSSR count). The Morgan fingerprint density at radius 1 is 1.06 bits per heavy atom. The van der Waals surface area contributed by atoms with E-state index in [1.165, 1.54) is 0 Å². The molecule has 0 aliphatic carbocycles. The Bertz CT molecular complexity index is 466. The number of anilines is 3. The van der Waals surface area contributed by atoms with E-state index in [1.807, 2.05) is 26.0 Å². The number of rotatable bonds is 2. The van der Waals surface area contributed by atoms with Crippen molar-refractivity contribution >= 4 is 29.2 Å². The molecule has 88 valence electrons. The summed E-state index contributed by atoms with van der Waals surface area (Å²) in [6, 6.07) is 6.06. The van der Waals surface area contributed by atoms with Gasteiger partial charge in [0.25, 0.3) is 0 Å². The Morgan fingerprint density at radius 2 is 1.71 bits per heavy atom. The second-order valence-corrected chi connectivity index (χ2v) is 4.13. The van der Waals surface area contributed by atoms with E-state index in [9.17, 15) is 0 Å². The highest BCUT2D eigenvalue weighted by Crippen LogP contribution is 2.18. The maximum atomic E-state index is 5.70. The summed E-state index contributed by atoms with van der Waals surface area (Å²) in [5, 5.41) is 3.11. The van der Waals surface area contributed by atoms with Crippen molar-refractivity contribution in [3.8, 4) is 0 Å². The largest absolute Gasteiger partial charge is 0.368 e. The molecule has 1 aromatic carbocycles. The van der Waals surface area contributed by atoms with Gasteiger partial charge in [-0.15, -0.1) is 0 Å². The second-order valence-electron chi connectivity index (χ2n) is 3.79. The van der Waals surface area contributed by atoms with Crippen LogP contribution in [0.1, 0.15) is 11.1 Å². The molecule has 0 amide bonds. The molecule has 2 aromatic rings. The summed E-state index contributed by atoms with van der Waals surface area (Å²) in [5.41, 5.74) is 8.69. The first-order valence-electron chi connectivity index (χ1n) is 5.05. The van der Waals surface area contributed by atoms with Crippen molar-refractivity contribution in [2.75, 3.05) is 11.1 Å². The summed E-state index contributed by atoms with van der Waals surface area (Å²) >= 11 is 5.70. The number of aryl methyl sites for hydroxylation is 2. The van der Waals surface area contributed by atoms with Crippen LogP contribution >= 0.6 is 11.6 Å². The highest BCUT2D eigenvalue weighted by atomic mass is 35.5. The first kappa shape index (κ1) is 11.6. The Balaban J connectivity index is 2.31. The molecule has 0 radical (unpaired) electrons. The third-order valence-electron chi connectivity index (χ3n) is 2.10.